The molecule has 3 aliphatic heterocycles. The molecule has 1 unspecified atom stereocenters. The van der Waals surface area contributed by atoms with E-state index in [1.165, 1.54) is 18.1 Å². The predicted octanol–water partition coefficient (Wildman–Crippen LogP) is 4.45. The molecule has 0 spiro atoms. The quantitative estimate of drug-likeness (QED) is 0.190. The van der Waals surface area contributed by atoms with E-state index in [2.05, 4.69) is 19.9 Å². The Kier molecular flexibility index (Phi) is 15.0. The van der Waals surface area contributed by atoms with Crippen molar-refractivity contribution in [2.45, 2.75) is 134 Å². The van der Waals surface area contributed by atoms with Gasteiger partial charge in [-0.05, 0) is 61.1 Å². The van der Waals surface area contributed by atoms with Crippen molar-refractivity contribution >= 4 is 52.8 Å². The smallest absolute Gasteiger partial charge is 0.333 e. The Balaban J connectivity index is 1.47. The lowest BCUT2D eigenvalue weighted by Gasteiger charge is -2.46. The van der Waals surface area contributed by atoms with Crippen molar-refractivity contribution in [1.29, 1.82) is 0 Å². The van der Waals surface area contributed by atoms with Gasteiger partial charge in [0.15, 0.2) is 28.9 Å². The van der Waals surface area contributed by atoms with Crippen LogP contribution >= 0.6 is 11.8 Å². The molecular formula is C42H65N7O9S. The van der Waals surface area contributed by atoms with Gasteiger partial charge in [-0.1, -0.05) is 33.8 Å². The highest BCUT2D eigenvalue weighted by Crippen LogP contribution is 2.49. The van der Waals surface area contributed by atoms with Crippen molar-refractivity contribution in [2.75, 3.05) is 41.1 Å². The summed E-state index contributed by atoms with van der Waals surface area (Å²) in [6, 6.07) is -0.212. The number of methoxy groups -OCH3 is 1. The molecule has 0 saturated carbocycles. The van der Waals surface area contributed by atoms with E-state index in [0.717, 1.165) is 0 Å². The summed E-state index contributed by atoms with van der Waals surface area (Å²) in [7, 11) is 9.13. The topological polar surface area (TPSA) is 180 Å². The third kappa shape index (κ3) is 9.86. The van der Waals surface area contributed by atoms with Gasteiger partial charge in [0.2, 0.25) is 0 Å². The number of esters is 2. The number of imidazole rings is 1. The van der Waals surface area contributed by atoms with Gasteiger partial charge in [-0.15, -0.1) is 11.8 Å². The summed E-state index contributed by atoms with van der Waals surface area (Å²) in [6.45, 7) is 15.3. The maximum absolute atomic E-state index is 14.8. The molecular weight excluding hydrogens is 779 g/mol. The van der Waals surface area contributed by atoms with Crippen molar-refractivity contribution in [3.8, 4) is 0 Å². The molecule has 0 radical (unpaired) electrons. The maximum Gasteiger partial charge on any atom is 0.333 e. The Morgan fingerprint density at radius 1 is 1.10 bits per heavy atom. The van der Waals surface area contributed by atoms with E-state index in [1.807, 2.05) is 79.2 Å². The number of nitrogens with zero attached hydrogens (tertiary/aromatic N) is 7. The summed E-state index contributed by atoms with van der Waals surface area (Å²) < 4.78 is 33.6. The van der Waals surface area contributed by atoms with Crippen LogP contribution in [0.15, 0.2) is 29.3 Å². The summed E-state index contributed by atoms with van der Waals surface area (Å²) in [5, 5.41) is 10.7. The number of hydrogen-bond donors (Lipinski definition) is 1. The Hall–Kier alpha value is -3.48. The number of Topliss-reactive ketones (excluding diaryl/α,β-unsaturated/α-hetero) is 1. The number of hydrogen-bond acceptors (Lipinski definition) is 15. The molecule has 328 valence electrons. The van der Waals surface area contributed by atoms with Crippen molar-refractivity contribution in [3.05, 3.63) is 24.3 Å². The zero-order valence-electron chi connectivity index (χ0n) is 36.9. The van der Waals surface area contributed by atoms with Crippen LogP contribution in [0.2, 0.25) is 0 Å². The van der Waals surface area contributed by atoms with Crippen LogP contribution in [-0.2, 0) is 44.6 Å². The van der Waals surface area contributed by atoms with E-state index in [9.17, 15) is 19.5 Å². The van der Waals surface area contributed by atoms with Gasteiger partial charge in [0.1, 0.15) is 29.6 Å². The zero-order valence-corrected chi connectivity index (χ0v) is 37.8. The number of ketones is 1. The van der Waals surface area contributed by atoms with Crippen molar-refractivity contribution in [2.24, 2.45) is 28.7 Å². The molecule has 16 nitrogen and oxygen atoms in total. The molecule has 0 amide bonds. The third-order valence-electron chi connectivity index (χ3n) is 12.3. The molecule has 13 atom stereocenters. The first kappa shape index (κ1) is 46.6. The highest BCUT2D eigenvalue weighted by Gasteiger charge is 2.61. The number of aliphatic hydroxyl groups excluding tert-OH is 1. The molecule has 5 rings (SSSR count). The standard InChI is InChI=1S/C42H65N7O9S/c1-14-29-42(8)30(34(39(53)58-42)59-16-15-49-22-45-31-36(46-21-47(9)10)43-20-44-37(31)49)27(6)32(50)25(4)19-41(7,54-13)35(23(2)17-24(3)38(52)56-29)57-40-33(51)28(48(11)12)18-26(5)55-40/h17,20-23,25-30,33-35,40,51H,14-16,18-19H2,1-13H3/b24-17-,46-21+/t23-,25+,26+,27+,28-,29+,30+,33+,34?,35+,40-,41+,42+/m0/s1. The summed E-state index contributed by atoms with van der Waals surface area (Å²) in [4.78, 5) is 64.2. The van der Waals surface area contributed by atoms with Crippen LogP contribution in [0.3, 0.4) is 0 Å². The number of fused-ring (bicyclic) bond motifs is 2. The molecule has 2 aromatic heterocycles. The van der Waals surface area contributed by atoms with Crippen LogP contribution in [-0.4, -0.2) is 153 Å². The molecule has 2 aromatic rings. The van der Waals surface area contributed by atoms with Crippen LogP contribution in [0.25, 0.3) is 11.2 Å². The molecule has 59 heavy (non-hydrogen) atoms. The molecule has 5 heterocycles. The predicted molar refractivity (Wildman–Crippen MR) is 225 cm³/mol. The van der Waals surface area contributed by atoms with Crippen LogP contribution in [0.4, 0.5) is 5.82 Å². The number of rotatable bonds is 11. The van der Waals surface area contributed by atoms with Crippen molar-refractivity contribution < 1.29 is 43.2 Å². The number of aromatic nitrogens is 4. The van der Waals surface area contributed by atoms with E-state index >= 15 is 0 Å². The number of aryl methyl sites for hydroxylation is 1. The molecule has 17 heteroatoms. The second kappa shape index (κ2) is 19.1. The van der Waals surface area contributed by atoms with E-state index in [0.29, 0.717) is 47.7 Å². The zero-order chi connectivity index (χ0) is 43.6. The molecule has 2 fully saturated rings. The van der Waals surface area contributed by atoms with Gasteiger partial charge in [-0.3, -0.25) is 9.59 Å². The summed E-state index contributed by atoms with van der Waals surface area (Å²) in [6.07, 6.45) is 4.01. The molecule has 1 N–H and O–H groups in total. The average molecular weight is 844 g/mol. The van der Waals surface area contributed by atoms with Crippen LogP contribution in [0.1, 0.15) is 74.7 Å². The lowest BCUT2D eigenvalue weighted by Crippen LogP contribution is -2.58. The van der Waals surface area contributed by atoms with Gasteiger partial charge < -0.3 is 43.2 Å². The number of aliphatic hydroxyl groups is 1. The number of cyclic esters (lactones) is 1. The van der Waals surface area contributed by atoms with E-state index in [-0.39, 0.29) is 24.3 Å². The Bertz CT molecular complexity index is 1870. The second-order valence-electron chi connectivity index (χ2n) is 17.4. The molecule has 2 saturated heterocycles. The normalized spacial score (nSPS) is 37.2. The van der Waals surface area contributed by atoms with Gasteiger partial charge in [-0.25, -0.2) is 24.7 Å². The minimum absolute atomic E-state index is 0.0804. The van der Waals surface area contributed by atoms with Gasteiger partial charge in [-0.2, -0.15) is 0 Å². The number of likely N-dealkylation sites (N-methyl/N-ethyl adjacent to an activating group) is 1. The summed E-state index contributed by atoms with van der Waals surface area (Å²) >= 11 is 1.40. The highest BCUT2D eigenvalue weighted by atomic mass is 32.2. The van der Waals surface area contributed by atoms with E-state index in [4.69, 9.17) is 23.7 Å². The number of carbonyl (C=O) groups is 3. The van der Waals surface area contributed by atoms with Gasteiger partial charge >= 0.3 is 11.9 Å². The average Bonchev–Trinajstić information content (AvgIpc) is 3.71. The number of aliphatic imine (C=N–C) groups is 1. The fourth-order valence-electron chi connectivity index (χ4n) is 9.23. The Morgan fingerprint density at radius 2 is 1.81 bits per heavy atom. The summed E-state index contributed by atoms with van der Waals surface area (Å²) in [5.74, 6) is -2.54. The lowest BCUT2D eigenvalue weighted by atomic mass is 9.70. The number of ether oxygens (including phenoxy) is 5. The monoisotopic (exact) mass is 843 g/mol. The molecule has 0 aliphatic carbocycles. The van der Waals surface area contributed by atoms with Crippen molar-refractivity contribution in [1.82, 2.24) is 29.3 Å². The Labute approximate surface area is 352 Å². The second-order valence-corrected chi connectivity index (χ2v) is 18.6. The van der Waals surface area contributed by atoms with Gasteiger partial charge in [0, 0.05) is 68.8 Å². The number of thioether (sulfide) groups is 1. The SMILES string of the molecule is CC[C@H]1OC(=O)/C(C)=C\[C@H](C)[C@@H](O[C@@H]2O[C@H](C)C[C@H](N(C)C)[C@H]2O)[C@](C)(OC)C[C@@H](C)C(=O)[C@H](C)[C@@H]2C(SCCn3cnc4c(/N=C/N(C)C)ncnc43)C(=O)O[C@]12C. The van der Waals surface area contributed by atoms with Gasteiger partial charge in [0.05, 0.1) is 30.5 Å². The minimum Gasteiger partial charge on any atom is -0.455 e. The van der Waals surface area contributed by atoms with Crippen LogP contribution in [0.5, 0.6) is 0 Å². The first-order valence-electron chi connectivity index (χ1n) is 20.6. The fourth-order valence-corrected chi connectivity index (χ4v) is 10.7. The Morgan fingerprint density at radius 3 is 2.46 bits per heavy atom. The molecule has 3 aliphatic rings. The van der Waals surface area contributed by atoms with E-state index < -0.39 is 76.7 Å². The van der Waals surface area contributed by atoms with E-state index in [1.54, 1.807) is 44.6 Å². The first-order valence-corrected chi connectivity index (χ1v) is 21.7. The fraction of sp³-hybridized carbons (Fsp3) is 0.738. The molecule has 0 aromatic carbocycles. The molecule has 0 bridgehead atoms. The first-order chi connectivity index (χ1) is 27.8. The van der Waals surface area contributed by atoms with Crippen molar-refractivity contribution in [3.63, 3.8) is 0 Å². The highest BCUT2D eigenvalue weighted by molar-refractivity contribution is 8.00. The van der Waals surface area contributed by atoms with Gasteiger partial charge in [0.25, 0.3) is 0 Å². The largest absolute Gasteiger partial charge is 0.455 e. The van der Waals surface area contributed by atoms with Crippen LogP contribution in [0, 0.1) is 23.7 Å². The summed E-state index contributed by atoms with van der Waals surface area (Å²) in [5.41, 5.74) is -0.890. The minimum atomic E-state index is -1.30. The third-order valence-corrected chi connectivity index (χ3v) is 13.6. The lowest BCUT2D eigenvalue weighted by molar-refractivity contribution is -0.294. The van der Waals surface area contributed by atoms with Crippen LogP contribution < -0.4 is 0 Å². The number of carbonyl (C=O) groups excluding carboxylic acids is 3. The maximum atomic E-state index is 14.8.